The van der Waals surface area contributed by atoms with Crippen molar-refractivity contribution in [3.05, 3.63) is 46.7 Å². The summed E-state index contributed by atoms with van der Waals surface area (Å²) in [5, 5.41) is 3.66. The highest BCUT2D eigenvalue weighted by atomic mass is 35.5. The summed E-state index contributed by atoms with van der Waals surface area (Å²) in [6, 6.07) is 6.66. The lowest BCUT2D eigenvalue weighted by Crippen LogP contribution is -2.14. The molecule has 2 aromatic rings. The number of nitrogens with two attached hydrogens (primary N) is 1. The summed E-state index contributed by atoms with van der Waals surface area (Å²) >= 11 is 13.2. The van der Waals surface area contributed by atoms with Crippen molar-refractivity contribution in [2.24, 2.45) is 0 Å². The van der Waals surface area contributed by atoms with Crippen molar-refractivity contribution >= 4 is 52.2 Å². The van der Waals surface area contributed by atoms with Gasteiger partial charge in [0.25, 0.3) is 0 Å². The molecule has 0 aliphatic carbocycles. The van der Waals surface area contributed by atoms with Crippen LogP contribution >= 0.6 is 35.0 Å². The van der Waals surface area contributed by atoms with E-state index in [1.165, 1.54) is 11.8 Å². The highest BCUT2D eigenvalue weighted by Gasteiger charge is 2.08. The number of aromatic nitrogens is 1. The highest BCUT2D eigenvalue weighted by molar-refractivity contribution is 8.00. The molecule has 3 N–H and O–H groups in total. The lowest BCUT2D eigenvalue weighted by Gasteiger charge is -2.08. The molecule has 2 rings (SSSR count). The zero-order valence-corrected chi connectivity index (χ0v) is 12.6. The minimum absolute atomic E-state index is 0.185. The van der Waals surface area contributed by atoms with Gasteiger partial charge in [0.15, 0.2) is 0 Å². The number of nitrogens with zero attached hydrogens (tertiary/aromatic N) is 1. The number of halogens is 2. The van der Waals surface area contributed by atoms with Gasteiger partial charge in [-0.05, 0) is 24.3 Å². The van der Waals surface area contributed by atoms with Crippen molar-refractivity contribution < 1.29 is 4.79 Å². The molecule has 0 saturated heterocycles. The normalized spacial score (nSPS) is 10.3. The number of benzene rings is 1. The van der Waals surface area contributed by atoms with E-state index in [4.69, 9.17) is 28.9 Å². The average Bonchev–Trinajstić information content (AvgIpc) is 2.42. The molecule has 7 heteroatoms. The number of amides is 1. The van der Waals surface area contributed by atoms with Crippen LogP contribution in [0.1, 0.15) is 0 Å². The molecule has 0 aliphatic rings. The second kappa shape index (κ2) is 6.83. The van der Waals surface area contributed by atoms with Gasteiger partial charge in [-0.25, -0.2) is 0 Å². The molecule has 4 nitrogen and oxygen atoms in total. The third kappa shape index (κ3) is 4.03. The van der Waals surface area contributed by atoms with E-state index in [0.29, 0.717) is 21.4 Å². The third-order valence-corrected chi connectivity index (χ3v) is 4.03. The van der Waals surface area contributed by atoms with Crippen LogP contribution in [-0.4, -0.2) is 16.6 Å². The van der Waals surface area contributed by atoms with Gasteiger partial charge in [0.1, 0.15) is 0 Å². The van der Waals surface area contributed by atoms with Crippen molar-refractivity contribution in [1.29, 1.82) is 0 Å². The lowest BCUT2D eigenvalue weighted by atomic mass is 10.3. The van der Waals surface area contributed by atoms with E-state index in [-0.39, 0.29) is 11.7 Å². The Labute approximate surface area is 130 Å². The molecule has 1 amide bonds. The topological polar surface area (TPSA) is 68.0 Å². The molecule has 0 radical (unpaired) electrons. The van der Waals surface area contributed by atoms with Gasteiger partial charge in [0.05, 0.1) is 28.3 Å². The van der Waals surface area contributed by atoms with Gasteiger partial charge in [-0.1, -0.05) is 23.2 Å². The smallest absolute Gasteiger partial charge is 0.234 e. The van der Waals surface area contributed by atoms with E-state index < -0.39 is 0 Å². The maximum atomic E-state index is 11.9. The van der Waals surface area contributed by atoms with Crippen LogP contribution in [0.4, 0.5) is 11.4 Å². The number of hydrogen-bond acceptors (Lipinski definition) is 4. The molecule has 1 heterocycles. The molecule has 0 bridgehead atoms. The van der Waals surface area contributed by atoms with Gasteiger partial charge < -0.3 is 11.1 Å². The fourth-order valence-electron chi connectivity index (χ4n) is 1.45. The summed E-state index contributed by atoms with van der Waals surface area (Å²) in [6.45, 7) is 0. The van der Waals surface area contributed by atoms with E-state index >= 15 is 0 Å². The molecule has 1 aromatic heterocycles. The Kier molecular flexibility index (Phi) is 5.11. The molecular weight excluding hydrogens is 317 g/mol. The molecular formula is C13H11Cl2N3OS. The molecule has 0 atom stereocenters. The van der Waals surface area contributed by atoms with Crippen molar-refractivity contribution in [3.63, 3.8) is 0 Å². The highest BCUT2D eigenvalue weighted by Crippen LogP contribution is 2.27. The van der Waals surface area contributed by atoms with Gasteiger partial charge in [0.2, 0.25) is 5.91 Å². The Morgan fingerprint density at radius 3 is 2.90 bits per heavy atom. The van der Waals surface area contributed by atoms with E-state index in [0.717, 1.165) is 4.90 Å². The Morgan fingerprint density at radius 1 is 1.35 bits per heavy atom. The summed E-state index contributed by atoms with van der Waals surface area (Å²) in [6.07, 6.45) is 3.18. The van der Waals surface area contributed by atoms with Crippen LogP contribution in [-0.2, 0) is 4.79 Å². The first-order valence-electron chi connectivity index (χ1n) is 5.63. The Hall–Kier alpha value is -1.43. The number of carbonyl (C=O) groups is 1. The lowest BCUT2D eigenvalue weighted by molar-refractivity contribution is -0.113. The molecule has 0 unspecified atom stereocenters. The van der Waals surface area contributed by atoms with Gasteiger partial charge in [-0.3, -0.25) is 9.78 Å². The summed E-state index contributed by atoms with van der Waals surface area (Å²) < 4.78 is 0. The standard InChI is InChI=1S/C13H11Cl2N3OS/c14-8-1-2-9(15)11(5-8)18-13(19)7-20-12-3-4-17-6-10(12)16/h1-6H,7,16H2,(H,18,19). The third-order valence-electron chi connectivity index (χ3n) is 2.37. The van der Waals surface area contributed by atoms with E-state index in [9.17, 15) is 4.79 Å². The summed E-state index contributed by atoms with van der Waals surface area (Å²) in [7, 11) is 0. The predicted molar refractivity (Wildman–Crippen MR) is 84.5 cm³/mol. The molecule has 0 fully saturated rings. The number of pyridine rings is 1. The van der Waals surface area contributed by atoms with Gasteiger partial charge in [0, 0.05) is 16.1 Å². The number of thioether (sulfide) groups is 1. The second-order valence-corrected chi connectivity index (χ2v) is 5.74. The number of rotatable bonds is 4. The molecule has 20 heavy (non-hydrogen) atoms. The number of nitrogens with one attached hydrogen (secondary N) is 1. The number of hydrogen-bond donors (Lipinski definition) is 2. The van der Waals surface area contributed by atoms with Crippen LogP contribution in [0.25, 0.3) is 0 Å². The summed E-state index contributed by atoms with van der Waals surface area (Å²) in [4.78, 5) is 16.6. The van der Waals surface area contributed by atoms with Crippen LogP contribution in [0.15, 0.2) is 41.6 Å². The predicted octanol–water partition coefficient (Wildman–Crippen LogP) is 3.70. The minimum Gasteiger partial charge on any atom is -0.397 e. The number of carbonyl (C=O) groups excluding carboxylic acids is 1. The Bertz CT molecular complexity index is 637. The molecule has 0 aliphatic heterocycles. The SMILES string of the molecule is Nc1cnccc1SCC(=O)Nc1cc(Cl)ccc1Cl. The Morgan fingerprint density at radius 2 is 2.15 bits per heavy atom. The van der Waals surface area contributed by atoms with E-state index in [2.05, 4.69) is 10.3 Å². The van der Waals surface area contributed by atoms with Crippen LogP contribution < -0.4 is 11.1 Å². The molecule has 104 valence electrons. The molecule has 0 saturated carbocycles. The van der Waals surface area contributed by atoms with Gasteiger partial charge in [-0.15, -0.1) is 11.8 Å². The van der Waals surface area contributed by atoms with Crippen LogP contribution in [0, 0.1) is 0 Å². The van der Waals surface area contributed by atoms with Gasteiger partial charge >= 0.3 is 0 Å². The fraction of sp³-hybridized carbons (Fsp3) is 0.0769. The first kappa shape index (κ1) is 15.0. The summed E-state index contributed by atoms with van der Waals surface area (Å²) in [5.74, 6) is 0.0345. The first-order valence-corrected chi connectivity index (χ1v) is 7.37. The van der Waals surface area contributed by atoms with Crippen LogP contribution in [0.2, 0.25) is 10.0 Å². The Balaban J connectivity index is 1.96. The fourth-order valence-corrected chi connectivity index (χ4v) is 2.52. The van der Waals surface area contributed by atoms with E-state index in [1.807, 2.05) is 0 Å². The first-order chi connectivity index (χ1) is 9.56. The monoisotopic (exact) mass is 327 g/mol. The molecule has 1 aromatic carbocycles. The van der Waals surface area contributed by atoms with Crippen LogP contribution in [0.5, 0.6) is 0 Å². The second-order valence-electron chi connectivity index (χ2n) is 3.87. The largest absolute Gasteiger partial charge is 0.397 e. The van der Waals surface area contributed by atoms with Crippen molar-refractivity contribution in [1.82, 2.24) is 4.98 Å². The number of anilines is 2. The zero-order valence-electron chi connectivity index (χ0n) is 10.3. The maximum absolute atomic E-state index is 11.9. The number of nitrogen functional groups attached to an aromatic ring is 1. The maximum Gasteiger partial charge on any atom is 0.234 e. The quantitative estimate of drug-likeness (QED) is 0.840. The van der Waals surface area contributed by atoms with Crippen molar-refractivity contribution in [2.45, 2.75) is 4.90 Å². The van der Waals surface area contributed by atoms with Crippen molar-refractivity contribution in [2.75, 3.05) is 16.8 Å². The zero-order chi connectivity index (χ0) is 14.5. The minimum atomic E-state index is -0.185. The molecule has 0 spiro atoms. The van der Waals surface area contributed by atoms with Crippen LogP contribution in [0.3, 0.4) is 0 Å². The van der Waals surface area contributed by atoms with E-state index in [1.54, 1.807) is 36.7 Å². The van der Waals surface area contributed by atoms with Crippen molar-refractivity contribution in [3.8, 4) is 0 Å². The average molecular weight is 328 g/mol. The van der Waals surface area contributed by atoms with Gasteiger partial charge in [-0.2, -0.15) is 0 Å². The summed E-state index contributed by atoms with van der Waals surface area (Å²) in [5.41, 5.74) is 6.79.